The topological polar surface area (TPSA) is 90.9 Å². The number of rotatable bonds is 11. The molecule has 0 aliphatic rings. The summed E-state index contributed by atoms with van der Waals surface area (Å²) >= 11 is 3.46. The van der Waals surface area contributed by atoms with E-state index in [0.29, 0.717) is 6.42 Å². The van der Waals surface area contributed by atoms with E-state index in [9.17, 15) is 4.79 Å². The monoisotopic (exact) mass is 416 g/mol. The lowest BCUT2D eigenvalue weighted by Crippen LogP contribution is -2.19. The molecule has 3 N–H and O–H groups in total. The third-order valence-corrected chi connectivity index (χ3v) is 6.30. The van der Waals surface area contributed by atoms with Gasteiger partial charge in [0.1, 0.15) is 0 Å². The van der Waals surface area contributed by atoms with Crippen molar-refractivity contribution in [1.29, 1.82) is 0 Å². The molecule has 0 bridgehead atoms. The Morgan fingerprint density at radius 3 is 2.89 bits per heavy atom. The second kappa shape index (κ2) is 10.5. The Bertz CT molecular complexity index is 896. The smallest absolute Gasteiger partial charge is 0.303 e. The number of imidazole rings is 1. The maximum Gasteiger partial charge on any atom is 0.303 e. The first-order valence-corrected chi connectivity index (χ1v) is 11.2. The first-order chi connectivity index (χ1) is 13.6. The highest BCUT2D eigenvalue weighted by molar-refractivity contribution is 7.99. The zero-order valence-corrected chi connectivity index (χ0v) is 17.4. The Kier molecular flexibility index (Phi) is 7.76. The predicted octanol–water partition coefficient (Wildman–Crippen LogP) is 4.11. The largest absolute Gasteiger partial charge is 0.481 e. The third kappa shape index (κ3) is 5.98. The minimum Gasteiger partial charge on any atom is -0.481 e. The summed E-state index contributed by atoms with van der Waals surface area (Å²) in [6.45, 7) is 3.71. The minimum atomic E-state index is -0.739. The molecule has 0 radical (unpaired) electrons. The van der Waals surface area contributed by atoms with Gasteiger partial charge in [0.05, 0.1) is 16.7 Å². The van der Waals surface area contributed by atoms with E-state index < -0.39 is 5.97 Å². The summed E-state index contributed by atoms with van der Waals surface area (Å²) in [4.78, 5) is 24.2. The molecular weight excluding hydrogens is 392 g/mol. The first kappa shape index (κ1) is 20.7. The van der Waals surface area contributed by atoms with Gasteiger partial charge in [-0.3, -0.25) is 9.78 Å². The number of aromatic amines is 1. The minimum absolute atomic E-state index is 0.218. The number of para-hydroxylation sites is 2. The van der Waals surface area contributed by atoms with Gasteiger partial charge in [-0.15, -0.1) is 11.8 Å². The van der Waals surface area contributed by atoms with Gasteiger partial charge in [0, 0.05) is 35.6 Å². The van der Waals surface area contributed by atoms with Crippen LogP contribution in [0.1, 0.15) is 24.1 Å². The molecule has 0 saturated carbocycles. The second-order valence-electron chi connectivity index (χ2n) is 6.32. The summed E-state index contributed by atoms with van der Waals surface area (Å²) in [6.07, 6.45) is 2.75. The fourth-order valence-electron chi connectivity index (χ4n) is 2.72. The molecule has 2 heterocycles. The quantitative estimate of drug-likeness (QED) is 0.320. The number of aromatic nitrogens is 3. The fourth-order valence-corrected chi connectivity index (χ4v) is 4.59. The highest BCUT2D eigenvalue weighted by atomic mass is 32.2. The number of aliphatic carboxylic acids is 1. The molecule has 0 aliphatic carbocycles. The number of carbonyl (C=O) groups is 1. The van der Waals surface area contributed by atoms with E-state index >= 15 is 0 Å². The molecule has 8 heteroatoms. The molecule has 28 heavy (non-hydrogen) atoms. The number of carboxylic acid groups (broad SMARTS) is 1. The van der Waals surface area contributed by atoms with Crippen LogP contribution in [0, 0.1) is 6.92 Å². The van der Waals surface area contributed by atoms with Crippen molar-refractivity contribution in [2.75, 3.05) is 18.8 Å². The van der Waals surface area contributed by atoms with E-state index in [2.05, 4.69) is 33.3 Å². The Balaban J connectivity index is 1.47. The van der Waals surface area contributed by atoms with Crippen molar-refractivity contribution in [1.82, 2.24) is 20.3 Å². The van der Waals surface area contributed by atoms with Gasteiger partial charge in [-0.2, -0.15) is 0 Å². The van der Waals surface area contributed by atoms with Crippen molar-refractivity contribution >= 4 is 40.5 Å². The van der Waals surface area contributed by atoms with Gasteiger partial charge in [0.2, 0.25) is 0 Å². The average Bonchev–Trinajstić information content (AvgIpc) is 3.10. The van der Waals surface area contributed by atoms with E-state index in [4.69, 9.17) is 5.11 Å². The van der Waals surface area contributed by atoms with Crippen molar-refractivity contribution in [3.05, 3.63) is 47.8 Å². The molecule has 3 rings (SSSR count). The first-order valence-electron chi connectivity index (χ1n) is 9.21. The van der Waals surface area contributed by atoms with Crippen LogP contribution in [0.25, 0.3) is 11.0 Å². The highest BCUT2D eigenvalue weighted by Gasteiger charge is 2.09. The molecule has 0 fully saturated rings. The number of H-pyrrole nitrogens is 1. The van der Waals surface area contributed by atoms with Crippen molar-refractivity contribution in [2.24, 2.45) is 0 Å². The van der Waals surface area contributed by atoms with E-state index in [0.717, 1.165) is 46.5 Å². The second-order valence-corrected chi connectivity index (χ2v) is 8.43. The molecule has 148 valence electrons. The van der Waals surface area contributed by atoms with Crippen LogP contribution in [-0.4, -0.2) is 44.9 Å². The molecule has 0 atom stereocenters. The van der Waals surface area contributed by atoms with Gasteiger partial charge in [-0.05, 0) is 43.7 Å². The van der Waals surface area contributed by atoms with Crippen LogP contribution in [0.15, 0.2) is 46.6 Å². The highest BCUT2D eigenvalue weighted by Crippen LogP contribution is 2.28. The number of benzene rings is 1. The number of thioether (sulfide) groups is 2. The van der Waals surface area contributed by atoms with Crippen LogP contribution in [0.5, 0.6) is 0 Å². The maximum absolute atomic E-state index is 10.5. The molecule has 0 unspecified atom stereocenters. The number of hydrogen-bond acceptors (Lipinski definition) is 6. The number of carboxylic acids is 1. The molecule has 0 amide bonds. The predicted molar refractivity (Wildman–Crippen MR) is 115 cm³/mol. The van der Waals surface area contributed by atoms with Gasteiger partial charge >= 0.3 is 5.97 Å². The van der Waals surface area contributed by atoms with E-state index in [-0.39, 0.29) is 6.42 Å². The normalized spacial score (nSPS) is 11.2. The van der Waals surface area contributed by atoms with Crippen LogP contribution in [0.2, 0.25) is 0 Å². The summed E-state index contributed by atoms with van der Waals surface area (Å²) in [6, 6.07) is 10.1. The molecule has 6 nitrogen and oxygen atoms in total. The van der Waals surface area contributed by atoms with Crippen LogP contribution in [-0.2, 0) is 10.5 Å². The molecule has 0 aliphatic heterocycles. The zero-order chi connectivity index (χ0) is 19.8. The van der Waals surface area contributed by atoms with Gasteiger partial charge in [-0.25, -0.2) is 4.98 Å². The summed E-state index contributed by atoms with van der Waals surface area (Å²) in [5, 5.41) is 12.8. The van der Waals surface area contributed by atoms with Crippen molar-refractivity contribution in [3.63, 3.8) is 0 Å². The third-order valence-electron chi connectivity index (χ3n) is 4.25. The number of pyridine rings is 1. The molecule has 1 aromatic carbocycles. The van der Waals surface area contributed by atoms with Gasteiger partial charge < -0.3 is 15.4 Å². The molecular formula is C20H24N4O2S2. The fraction of sp³-hybridized carbons (Fsp3) is 0.350. The average molecular weight is 417 g/mol. The standard InChI is InChI=1S/C20H24N4O2S2/c1-14-17(13-28-20-23-15-5-2-3-6-16(15)24-20)22-10-8-18(14)27-12-11-21-9-4-7-19(25)26/h2-3,5-6,8,10,21H,4,7,9,11-13H2,1H3,(H,23,24)(H,25,26). The van der Waals surface area contributed by atoms with Gasteiger partial charge in [-0.1, -0.05) is 23.9 Å². The summed E-state index contributed by atoms with van der Waals surface area (Å²) < 4.78 is 0. The molecule has 3 aromatic rings. The van der Waals surface area contributed by atoms with Crippen LogP contribution in [0.3, 0.4) is 0 Å². The van der Waals surface area contributed by atoms with Crippen molar-refractivity contribution in [3.8, 4) is 0 Å². The zero-order valence-electron chi connectivity index (χ0n) is 15.8. The van der Waals surface area contributed by atoms with Crippen LogP contribution in [0.4, 0.5) is 0 Å². The lowest BCUT2D eigenvalue weighted by Gasteiger charge is -2.10. The number of nitrogens with one attached hydrogen (secondary N) is 2. The number of hydrogen-bond donors (Lipinski definition) is 3. The van der Waals surface area contributed by atoms with Crippen LogP contribution < -0.4 is 5.32 Å². The number of fused-ring (bicyclic) bond motifs is 1. The Morgan fingerprint density at radius 1 is 1.21 bits per heavy atom. The molecule has 2 aromatic heterocycles. The van der Waals surface area contributed by atoms with Crippen molar-refractivity contribution in [2.45, 2.75) is 35.6 Å². The Labute approximate surface area is 172 Å². The molecule has 0 spiro atoms. The van der Waals surface area contributed by atoms with Crippen LogP contribution >= 0.6 is 23.5 Å². The SMILES string of the molecule is Cc1c(SCCNCCCC(=O)O)ccnc1CSc1nc2ccccc2[nH]1. The van der Waals surface area contributed by atoms with Crippen molar-refractivity contribution < 1.29 is 9.90 Å². The van der Waals surface area contributed by atoms with E-state index in [1.165, 1.54) is 10.5 Å². The van der Waals surface area contributed by atoms with Gasteiger partial charge in [0.15, 0.2) is 5.16 Å². The Morgan fingerprint density at radius 2 is 2.07 bits per heavy atom. The maximum atomic E-state index is 10.5. The Hall–Kier alpha value is -2.03. The summed E-state index contributed by atoms with van der Waals surface area (Å²) in [5.74, 6) is 0.971. The van der Waals surface area contributed by atoms with E-state index in [1.54, 1.807) is 23.5 Å². The summed E-state index contributed by atoms with van der Waals surface area (Å²) in [7, 11) is 0. The lowest BCUT2D eigenvalue weighted by atomic mass is 10.2. The number of nitrogens with zero attached hydrogens (tertiary/aromatic N) is 2. The summed E-state index contributed by atoms with van der Waals surface area (Å²) in [5.41, 5.74) is 4.32. The van der Waals surface area contributed by atoms with E-state index in [1.807, 2.05) is 30.5 Å². The lowest BCUT2D eigenvalue weighted by molar-refractivity contribution is -0.137. The molecule has 0 saturated heterocycles. The van der Waals surface area contributed by atoms with Gasteiger partial charge in [0.25, 0.3) is 0 Å².